The zero-order valence-electron chi connectivity index (χ0n) is 19.9. The topological polar surface area (TPSA) is 35.8 Å². The third-order valence-corrected chi connectivity index (χ3v) is 10.8. The van der Waals surface area contributed by atoms with Gasteiger partial charge in [0.2, 0.25) is 0 Å². The number of halogens is 1. The number of nitrogens with zero attached hydrogens (tertiary/aromatic N) is 1. The summed E-state index contributed by atoms with van der Waals surface area (Å²) < 4.78 is 1.20. The Kier molecular flexibility index (Phi) is 4.33. The molecule has 1 N–H and O–H groups in total. The molecule has 1 aliphatic heterocycles. The Morgan fingerprint density at radius 1 is 0.829 bits per heavy atom. The van der Waals surface area contributed by atoms with Crippen molar-refractivity contribution in [2.24, 2.45) is 23.7 Å². The van der Waals surface area contributed by atoms with E-state index in [1.807, 2.05) is 12.1 Å². The monoisotopic (exact) mass is 520 g/mol. The standard InChI is InChI=1S/C32H29BrN2/c33-24-5-6-28-29(14-24)32(22-10-18-9-19(12-22)13-23(32)11-18)31-27(25-4-2-1-3-20(25)15-34)8-7-26(30(28)31)21-16-35-17-21/h1-8,14,18-19,21-23,35H,9-13,16-17H2. The van der Waals surface area contributed by atoms with Crippen molar-refractivity contribution in [3.63, 3.8) is 0 Å². The van der Waals surface area contributed by atoms with Crippen LogP contribution in [0, 0.1) is 35.0 Å². The number of benzene rings is 3. The molecule has 35 heavy (non-hydrogen) atoms. The minimum atomic E-state index is 0.0763. The minimum Gasteiger partial charge on any atom is -0.315 e. The van der Waals surface area contributed by atoms with Gasteiger partial charge in [-0.1, -0.05) is 52.3 Å². The van der Waals surface area contributed by atoms with Crippen molar-refractivity contribution in [3.8, 4) is 28.3 Å². The van der Waals surface area contributed by atoms with E-state index in [0.717, 1.165) is 36.1 Å². The Bertz CT molecular complexity index is 1400. The molecule has 9 rings (SSSR count). The van der Waals surface area contributed by atoms with Crippen LogP contribution in [-0.4, -0.2) is 13.1 Å². The third kappa shape index (κ3) is 2.63. The van der Waals surface area contributed by atoms with Gasteiger partial charge in [0.05, 0.1) is 11.6 Å². The second-order valence-electron chi connectivity index (χ2n) is 11.8. The lowest BCUT2D eigenvalue weighted by Gasteiger charge is -2.61. The number of rotatable bonds is 2. The first-order chi connectivity index (χ1) is 17.2. The zero-order valence-corrected chi connectivity index (χ0v) is 21.4. The molecule has 1 spiro atoms. The second kappa shape index (κ2) is 7.31. The van der Waals surface area contributed by atoms with Crippen LogP contribution in [0.15, 0.2) is 59.1 Å². The quantitative estimate of drug-likeness (QED) is 0.382. The highest BCUT2D eigenvalue weighted by atomic mass is 79.9. The first kappa shape index (κ1) is 20.7. The summed E-state index contributed by atoms with van der Waals surface area (Å²) in [7, 11) is 0. The van der Waals surface area contributed by atoms with E-state index in [0.29, 0.717) is 17.8 Å². The van der Waals surface area contributed by atoms with Crippen LogP contribution in [0.1, 0.15) is 60.3 Å². The molecule has 174 valence electrons. The van der Waals surface area contributed by atoms with E-state index in [2.05, 4.69) is 69.8 Å². The molecule has 0 aromatic heterocycles. The van der Waals surface area contributed by atoms with Crippen LogP contribution in [0.3, 0.4) is 0 Å². The highest BCUT2D eigenvalue weighted by Gasteiger charge is 2.62. The average Bonchev–Trinajstić information content (AvgIpc) is 3.12. The van der Waals surface area contributed by atoms with Crippen molar-refractivity contribution in [2.45, 2.75) is 43.4 Å². The fraction of sp³-hybridized carbons (Fsp3) is 0.406. The molecule has 2 nitrogen and oxygen atoms in total. The van der Waals surface area contributed by atoms with E-state index in [1.54, 1.807) is 11.1 Å². The van der Waals surface area contributed by atoms with Crippen molar-refractivity contribution in [3.05, 3.63) is 81.3 Å². The summed E-state index contributed by atoms with van der Waals surface area (Å²) >= 11 is 3.87. The normalized spacial score (nSPS) is 31.8. The van der Waals surface area contributed by atoms with Crippen molar-refractivity contribution in [1.82, 2.24) is 5.32 Å². The molecule has 3 heteroatoms. The van der Waals surface area contributed by atoms with Crippen molar-refractivity contribution < 1.29 is 0 Å². The minimum absolute atomic E-state index is 0.0763. The number of fused-ring (bicyclic) bond motifs is 3. The van der Waals surface area contributed by atoms with E-state index < -0.39 is 0 Å². The van der Waals surface area contributed by atoms with Gasteiger partial charge in [0, 0.05) is 28.9 Å². The Balaban J connectivity index is 1.50. The summed E-state index contributed by atoms with van der Waals surface area (Å²) in [5, 5.41) is 13.6. The van der Waals surface area contributed by atoms with Gasteiger partial charge in [-0.3, -0.25) is 0 Å². The molecule has 1 saturated heterocycles. The Hall–Kier alpha value is -2.41. The number of hydrogen-bond acceptors (Lipinski definition) is 2. The maximum absolute atomic E-state index is 10.1. The van der Waals surface area contributed by atoms with E-state index in [9.17, 15) is 5.26 Å². The van der Waals surface area contributed by atoms with E-state index in [1.165, 1.54) is 58.8 Å². The van der Waals surface area contributed by atoms with Gasteiger partial charge in [0.15, 0.2) is 0 Å². The average molecular weight is 522 g/mol. The van der Waals surface area contributed by atoms with Gasteiger partial charge in [0.25, 0.3) is 0 Å². The summed E-state index contributed by atoms with van der Waals surface area (Å²) in [6, 6.07) is 22.7. The third-order valence-electron chi connectivity index (χ3n) is 10.3. The SMILES string of the molecule is N#Cc1ccccc1-c1ccc(C2CNC2)c2c1C1(c3cc(Br)ccc3-2)C2CC3CC(C2)CC1C3. The predicted octanol–water partition coefficient (Wildman–Crippen LogP) is 7.40. The van der Waals surface area contributed by atoms with Gasteiger partial charge in [-0.2, -0.15) is 5.26 Å². The fourth-order valence-electron chi connectivity index (χ4n) is 9.21. The summed E-state index contributed by atoms with van der Waals surface area (Å²) in [5.74, 6) is 3.81. The summed E-state index contributed by atoms with van der Waals surface area (Å²) in [4.78, 5) is 0. The van der Waals surface area contributed by atoms with Crippen LogP contribution < -0.4 is 5.32 Å². The smallest absolute Gasteiger partial charge is 0.0998 e. The van der Waals surface area contributed by atoms with Crippen LogP contribution >= 0.6 is 15.9 Å². The molecule has 6 aliphatic rings. The molecule has 3 aromatic carbocycles. The van der Waals surface area contributed by atoms with E-state index in [4.69, 9.17) is 0 Å². The number of nitrogens with one attached hydrogen (secondary N) is 1. The number of hydrogen-bond donors (Lipinski definition) is 1. The van der Waals surface area contributed by atoms with E-state index in [-0.39, 0.29) is 5.41 Å². The molecule has 4 bridgehead atoms. The molecule has 0 unspecified atom stereocenters. The van der Waals surface area contributed by atoms with Crippen molar-refractivity contribution in [2.75, 3.05) is 13.1 Å². The second-order valence-corrected chi connectivity index (χ2v) is 12.7. The lowest BCUT2D eigenvalue weighted by molar-refractivity contribution is -0.0397. The summed E-state index contributed by atoms with van der Waals surface area (Å²) in [6.45, 7) is 2.13. The maximum atomic E-state index is 10.1. The van der Waals surface area contributed by atoms with Crippen LogP contribution in [0.2, 0.25) is 0 Å². The molecular weight excluding hydrogens is 492 g/mol. The lowest BCUT2D eigenvalue weighted by atomic mass is 9.42. The van der Waals surface area contributed by atoms with Gasteiger partial charge in [-0.05, 0) is 113 Å². The first-order valence-corrected chi connectivity index (χ1v) is 14.2. The fourth-order valence-corrected chi connectivity index (χ4v) is 9.58. The van der Waals surface area contributed by atoms with Gasteiger partial charge in [-0.25, -0.2) is 0 Å². The summed E-state index contributed by atoms with van der Waals surface area (Å²) in [5.41, 5.74) is 10.9. The molecule has 0 atom stereocenters. The zero-order chi connectivity index (χ0) is 23.3. The molecule has 1 heterocycles. The van der Waals surface area contributed by atoms with Crippen LogP contribution in [0.25, 0.3) is 22.3 Å². The highest BCUT2D eigenvalue weighted by molar-refractivity contribution is 9.10. The Morgan fingerprint density at radius 3 is 2.23 bits per heavy atom. The van der Waals surface area contributed by atoms with Crippen molar-refractivity contribution >= 4 is 15.9 Å². The largest absolute Gasteiger partial charge is 0.315 e. The molecule has 0 amide bonds. The first-order valence-electron chi connectivity index (χ1n) is 13.4. The van der Waals surface area contributed by atoms with Gasteiger partial charge >= 0.3 is 0 Å². The molecular formula is C32H29BrN2. The van der Waals surface area contributed by atoms with Crippen molar-refractivity contribution in [1.29, 1.82) is 5.26 Å². The summed E-state index contributed by atoms with van der Waals surface area (Å²) in [6.07, 6.45) is 6.93. The van der Waals surface area contributed by atoms with Gasteiger partial charge in [-0.15, -0.1) is 0 Å². The molecule has 0 radical (unpaired) electrons. The molecule has 5 fully saturated rings. The maximum Gasteiger partial charge on any atom is 0.0998 e. The van der Waals surface area contributed by atoms with Crippen LogP contribution in [0.4, 0.5) is 0 Å². The van der Waals surface area contributed by atoms with Gasteiger partial charge < -0.3 is 5.32 Å². The van der Waals surface area contributed by atoms with E-state index >= 15 is 0 Å². The molecule has 5 aliphatic carbocycles. The highest BCUT2D eigenvalue weighted by Crippen LogP contribution is 2.71. The number of nitriles is 1. The molecule has 4 saturated carbocycles. The Morgan fingerprint density at radius 2 is 1.54 bits per heavy atom. The lowest BCUT2D eigenvalue weighted by Crippen LogP contribution is -2.55. The van der Waals surface area contributed by atoms with Gasteiger partial charge in [0.1, 0.15) is 0 Å². The van der Waals surface area contributed by atoms with Crippen LogP contribution in [-0.2, 0) is 5.41 Å². The predicted molar refractivity (Wildman–Crippen MR) is 143 cm³/mol. The van der Waals surface area contributed by atoms with Crippen LogP contribution in [0.5, 0.6) is 0 Å². The Labute approximate surface area is 215 Å². The molecule has 3 aromatic rings.